The third-order valence-corrected chi connectivity index (χ3v) is 3.93. The van der Waals surface area contributed by atoms with Crippen LogP contribution in [0.1, 0.15) is 38.2 Å². The Hall–Kier alpha value is -1.35. The lowest BCUT2D eigenvalue weighted by molar-refractivity contribution is 0.445. The molecular formula is C15H21N3. The smallest absolute Gasteiger partial charge is 0.137 e. The van der Waals surface area contributed by atoms with Crippen molar-refractivity contribution in [3.05, 3.63) is 30.1 Å². The zero-order valence-electron chi connectivity index (χ0n) is 10.9. The second-order valence-electron chi connectivity index (χ2n) is 5.38. The van der Waals surface area contributed by atoms with Gasteiger partial charge in [0.2, 0.25) is 0 Å². The van der Waals surface area contributed by atoms with Crippen molar-refractivity contribution in [2.24, 2.45) is 5.92 Å². The van der Waals surface area contributed by atoms with E-state index in [0.717, 1.165) is 18.1 Å². The van der Waals surface area contributed by atoms with Crippen molar-refractivity contribution in [3.63, 3.8) is 0 Å². The SMILES string of the molecule is CCC(CC1CC1)NCc1c[nH]c2ncccc12. The predicted molar refractivity (Wildman–Crippen MR) is 74.4 cm³/mol. The fourth-order valence-electron chi connectivity index (χ4n) is 2.56. The number of rotatable bonds is 6. The molecule has 0 radical (unpaired) electrons. The number of nitrogens with one attached hydrogen (secondary N) is 2. The second-order valence-corrected chi connectivity index (χ2v) is 5.38. The van der Waals surface area contributed by atoms with Crippen molar-refractivity contribution in [1.82, 2.24) is 15.3 Å². The van der Waals surface area contributed by atoms with Gasteiger partial charge in [-0.2, -0.15) is 0 Å². The highest BCUT2D eigenvalue weighted by Crippen LogP contribution is 2.34. The molecule has 0 amide bonds. The third kappa shape index (κ3) is 2.56. The third-order valence-electron chi connectivity index (χ3n) is 3.93. The number of hydrogen-bond donors (Lipinski definition) is 2. The largest absolute Gasteiger partial charge is 0.346 e. The average molecular weight is 243 g/mol. The Morgan fingerprint density at radius 2 is 2.39 bits per heavy atom. The Labute approximate surface area is 108 Å². The highest BCUT2D eigenvalue weighted by atomic mass is 14.9. The molecule has 2 aromatic heterocycles. The molecular weight excluding hydrogens is 222 g/mol. The zero-order valence-corrected chi connectivity index (χ0v) is 10.9. The minimum Gasteiger partial charge on any atom is -0.346 e. The van der Waals surface area contributed by atoms with Gasteiger partial charge in [0.1, 0.15) is 5.65 Å². The van der Waals surface area contributed by atoms with Crippen LogP contribution in [0.25, 0.3) is 11.0 Å². The van der Waals surface area contributed by atoms with Crippen LogP contribution in [0, 0.1) is 5.92 Å². The summed E-state index contributed by atoms with van der Waals surface area (Å²) in [4.78, 5) is 7.56. The van der Waals surface area contributed by atoms with E-state index in [1.165, 1.54) is 36.6 Å². The van der Waals surface area contributed by atoms with Gasteiger partial charge in [-0.25, -0.2) is 4.98 Å². The second kappa shape index (κ2) is 5.11. The number of nitrogens with zero attached hydrogens (tertiary/aromatic N) is 1. The van der Waals surface area contributed by atoms with Crippen molar-refractivity contribution in [3.8, 4) is 0 Å². The van der Waals surface area contributed by atoms with Crippen LogP contribution in [0.2, 0.25) is 0 Å². The highest BCUT2D eigenvalue weighted by molar-refractivity contribution is 5.79. The van der Waals surface area contributed by atoms with E-state index in [2.05, 4.69) is 34.5 Å². The summed E-state index contributed by atoms with van der Waals surface area (Å²) in [5.74, 6) is 0.993. The summed E-state index contributed by atoms with van der Waals surface area (Å²) in [5.41, 5.74) is 2.32. The zero-order chi connectivity index (χ0) is 12.4. The van der Waals surface area contributed by atoms with Crippen LogP contribution in [0.5, 0.6) is 0 Å². The first kappa shape index (κ1) is 11.7. The van der Waals surface area contributed by atoms with Gasteiger partial charge in [0.25, 0.3) is 0 Å². The molecule has 0 spiro atoms. The van der Waals surface area contributed by atoms with Crippen LogP contribution in [0.15, 0.2) is 24.5 Å². The van der Waals surface area contributed by atoms with E-state index in [1.54, 1.807) is 0 Å². The molecule has 0 bridgehead atoms. The maximum atomic E-state index is 4.32. The maximum Gasteiger partial charge on any atom is 0.137 e. The lowest BCUT2D eigenvalue weighted by Gasteiger charge is -2.16. The van der Waals surface area contributed by atoms with Crippen molar-refractivity contribution in [1.29, 1.82) is 0 Å². The average Bonchev–Trinajstić information content (AvgIpc) is 3.13. The van der Waals surface area contributed by atoms with Gasteiger partial charge in [-0.05, 0) is 36.5 Å². The van der Waals surface area contributed by atoms with E-state index < -0.39 is 0 Å². The number of aromatic nitrogens is 2. The predicted octanol–water partition coefficient (Wildman–Crippen LogP) is 3.23. The fourth-order valence-corrected chi connectivity index (χ4v) is 2.56. The number of aromatic amines is 1. The molecule has 2 N–H and O–H groups in total. The standard InChI is InChI=1S/C15H21N3/c1-2-13(8-11-5-6-11)17-9-12-10-18-15-14(12)4-3-7-16-15/h3-4,7,10-11,13,17H,2,5-6,8-9H2,1H3,(H,16,18). The normalized spacial score (nSPS) is 17.2. The van der Waals surface area contributed by atoms with Gasteiger partial charge in [-0.3, -0.25) is 0 Å². The van der Waals surface area contributed by atoms with E-state index in [0.29, 0.717) is 6.04 Å². The Balaban J connectivity index is 1.64. The van der Waals surface area contributed by atoms with Gasteiger partial charge in [-0.15, -0.1) is 0 Å². The summed E-state index contributed by atoms with van der Waals surface area (Å²) in [7, 11) is 0. The molecule has 0 saturated heterocycles. The van der Waals surface area contributed by atoms with Gasteiger partial charge in [-0.1, -0.05) is 19.8 Å². The monoisotopic (exact) mass is 243 g/mol. The van der Waals surface area contributed by atoms with Crippen LogP contribution >= 0.6 is 0 Å². The lowest BCUT2D eigenvalue weighted by Crippen LogP contribution is -2.28. The van der Waals surface area contributed by atoms with Gasteiger partial charge < -0.3 is 10.3 Å². The van der Waals surface area contributed by atoms with E-state index >= 15 is 0 Å². The van der Waals surface area contributed by atoms with E-state index in [4.69, 9.17) is 0 Å². The summed E-state index contributed by atoms with van der Waals surface area (Å²) in [6, 6.07) is 4.80. The van der Waals surface area contributed by atoms with E-state index in [1.807, 2.05) is 12.3 Å². The Morgan fingerprint density at radius 3 is 3.17 bits per heavy atom. The minimum absolute atomic E-state index is 0.666. The lowest BCUT2D eigenvalue weighted by atomic mass is 10.1. The van der Waals surface area contributed by atoms with E-state index in [-0.39, 0.29) is 0 Å². The molecule has 1 aliphatic carbocycles. The van der Waals surface area contributed by atoms with Crippen LogP contribution in [0.4, 0.5) is 0 Å². The summed E-state index contributed by atoms with van der Waals surface area (Å²) in [6.07, 6.45) is 9.35. The summed E-state index contributed by atoms with van der Waals surface area (Å²) < 4.78 is 0. The molecule has 18 heavy (non-hydrogen) atoms. The number of hydrogen-bond acceptors (Lipinski definition) is 2. The molecule has 0 aliphatic heterocycles. The molecule has 1 saturated carbocycles. The highest BCUT2D eigenvalue weighted by Gasteiger charge is 2.24. The molecule has 2 aromatic rings. The summed E-state index contributed by atoms with van der Waals surface area (Å²) >= 11 is 0. The molecule has 1 aliphatic rings. The van der Waals surface area contributed by atoms with E-state index in [9.17, 15) is 0 Å². The summed E-state index contributed by atoms with van der Waals surface area (Å²) in [5, 5.41) is 4.93. The quantitative estimate of drug-likeness (QED) is 0.817. The first-order chi connectivity index (χ1) is 8.86. The molecule has 2 heterocycles. The maximum absolute atomic E-state index is 4.32. The number of fused-ring (bicyclic) bond motifs is 1. The van der Waals surface area contributed by atoms with Crippen molar-refractivity contribution in [2.75, 3.05) is 0 Å². The van der Waals surface area contributed by atoms with Crippen molar-refractivity contribution >= 4 is 11.0 Å². The molecule has 3 rings (SSSR count). The van der Waals surface area contributed by atoms with Gasteiger partial charge in [0.05, 0.1) is 0 Å². The molecule has 1 fully saturated rings. The number of pyridine rings is 1. The molecule has 96 valence electrons. The van der Waals surface area contributed by atoms with Gasteiger partial charge in [0.15, 0.2) is 0 Å². The Bertz CT molecular complexity index is 513. The Morgan fingerprint density at radius 1 is 1.50 bits per heavy atom. The molecule has 1 unspecified atom stereocenters. The first-order valence-electron chi connectivity index (χ1n) is 7.01. The molecule has 3 nitrogen and oxygen atoms in total. The van der Waals surface area contributed by atoms with Gasteiger partial charge >= 0.3 is 0 Å². The van der Waals surface area contributed by atoms with Crippen LogP contribution in [0.3, 0.4) is 0 Å². The first-order valence-corrected chi connectivity index (χ1v) is 7.01. The molecule has 0 aromatic carbocycles. The van der Waals surface area contributed by atoms with Crippen molar-refractivity contribution in [2.45, 2.75) is 45.2 Å². The van der Waals surface area contributed by atoms with Crippen LogP contribution < -0.4 is 5.32 Å². The van der Waals surface area contributed by atoms with Crippen molar-refractivity contribution < 1.29 is 0 Å². The Kier molecular flexibility index (Phi) is 3.33. The molecule has 3 heteroatoms. The fraction of sp³-hybridized carbons (Fsp3) is 0.533. The van der Waals surface area contributed by atoms with Gasteiger partial charge in [0, 0.05) is 30.4 Å². The van der Waals surface area contributed by atoms with Crippen LogP contribution in [-0.4, -0.2) is 16.0 Å². The topological polar surface area (TPSA) is 40.7 Å². The minimum atomic E-state index is 0.666. The molecule has 1 atom stereocenters. The summed E-state index contributed by atoms with van der Waals surface area (Å²) in [6.45, 7) is 3.22. The van der Waals surface area contributed by atoms with Crippen LogP contribution in [-0.2, 0) is 6.54 Å². The number of H-pyrrole nitrogens is 1.